The van der Waals surface area contributed by atoms with Crippen molar-refractivity contribution in [1.82, 2.24) is 0 Å². The summed E-state index contributed by atoms with van der Waals surface area (Å²) in [6, 6.07) is 0. The summed E-state index contributed by atoms with van der Waals surface area (Å²) < 4.78 is 40.7. The highest BCUT2D eigenvalue weighted by Crippen LogP contribution is 2.43. The number of aliphatic hydroxyl groups excluding tert-OH is 1. The number of rotatable bonds is 39. The highest BCUT2D eigenvalue weighted by Gasteiger charge is 2.28. The first-order valence-electron chi connectivity index (χ1n) is 25.1. The molecular formula is C52H89NO11P+. The Hall–Kier alpha value is -2.86. The lowest BCUT2D eigenvalue weighted by molar-refractivity contribution is -0.870. The Morgan fingerprint density at radius 1 is 0.785 bits per heavy atom. The fourth-order valence-electron chi connectivity index (χ4n) is 7.77. The number of quaternary nitrogens is 1. The molecule has 1 aromatic heterocycles. The Balaban J connectivity index is 1.69. The zero-order chi connectivity index (χ0) is 47.9. The van der Waals surface area contributed by atoms with Gasteiger partial charge in [-0.3, -0.25) is 23.4 Å². The number of allylic oxidation sites excluding steroid dienone is 5. The fraction of sp³-hybridized carbons (Fsp3) is 0.750. The molecule has 0 saturated heterocycles. The SMILES string of the molecule is CCCCCc1oc(CCCCCCCCCCCCC(=O)O[C@H](COC(=O)CCC/C=C\C[C@H]2C=CC(=O)[C@@H]2/C=C/[C@@H](O)CCCCC)COP(=O)(O)OCC[N+](C)(C)C)c(C)c1C. The maximum atomic E-state index is 12.8. The Labute approximate surface area is 393 Å². The molecule has 0 fully saturated rings. The summed E-state index contributed by atoms with van der Waals surface area (Å²) in [5.74, 6) is 1.18. The number of furan rings is 1. The molecule has 0 amide bonds. The standard InChI is InChI=1S/C52H88NO11P/c1-8-10-22-29-45(54)35-36-47-44(34-37-48(47)55)28-24-20-21-26-32-51(56)60-40-46(41-62-65(58,59)61-39-38-53(5,6)7)63-52(57)33-27-19-17-15-13-12-14-16-18-25-31-50-43(4)42(3)49(64-50)30-23-11-9-2/h20,24,34-37,44-47,54H,8-19,21-23,25-33,38-41H2,1-7H3/p+1/b24-20-,36-35+/t44-,45-,46+,47+/m0/s1. The number of phosphoric ester groups is 1. The molecule has 0 aromatic carbocycles. The number of aryl methyl sites for hydroxylation is 2. The summed E-state index contributed by atoms with van der Waals surface area (Å²) in [5, 5.41) is 10.2. The molecule has 0 saturated carbocycles. The van der Waals surface area contributed by atoms with Gasteiger partial charge in [-0.05, 0) is 81.9 Å². The van der Waals surface area contributed by atoms with Crippen molar-refractivity contribution in [2.24, 2.45) is 11.8 Å². The van der Waals surface area contributed by atoms with Gasteiger partial charge in [0.2, 0.25) is 0 Å². The number of aliphatic hydroxyl groups is 1. The van der Waals surface area contributed by atoms with Crippen LogP contribution >= 0.6 is 7.82 Å². The molecule has 1 heterocycles. The van der Waals surface area contributed by atoms with Crippen LogP contribution in [0, 0.1) is 25.7 Å². The Bertz CT molecular complexity index is 1630. The van der Waals surface area contributed by atoms with Gasteiger partial charge in [0.15, 0.2) is 11.9 Å². The number of carbonyl (C=O) groups is 3. The maximum absolute atomic E-state index is 12.8. The molecule has 0 radical (unpaired) electrons. The first-order valence-corrected chi connectivity index (χ1v) is 26.6. The number of nitrogens with zero attached hydrogens (tertiary/aromatic N) is 1. The first kappa shape index (κ1) is 58.3. The van der Waals surface area contributed by atoms with Crippen molar-refractivity contribution in [3.05, 3.63) is 59.1 Å². The lowest BCUT2D eigenvalue weighted by Gasteiger charge is -2.24. The molecular weight excluding hydrogens is 846 g/mol. The summed E-state index contributed by atoms with van der Waals surface area (Å²) in [5.41, 5.74) is 2.67. The van der Waals surface area contributed by atoms with E-state index in [1.54, 1.807) is 12.2 Å². The van der Waals surface area contributed by atoms with Gasteiger partial charge in [0.1, 0.15) is 31.3 Å². The van der Waals surface area contributed by atoms with E-state index in [2.05, 4.69) is 27.7 Å². The predicted octanol–water partition coefficient (Wildman–Crippen LogP) is 11.7. The summed E-state index contributed by atoms with van der Waals surface area (Å²) >= 11 is 0. The molecule has 13 heteroatoms. The minimum atomic E-state index is -4.44. The molecule has 372 valence electrons. The van der Waals surface area contributed by atoms with Gasteiger partial charge in [-0.25, -0.2) is 4.57 Å². The van der Waals surface area contributed by atoms with Crippen molar-refractivity contribution >= 4 is 25.5 Å². The van der Waals surface area contributed by atoms with E-state index in [0.29, 0.717) is 43.1 Å². The van der Waals surface area contributed by atoms with Gasteiger partial charge in [-0.15, -0.1) is 0 Å². The third-order valence-corrected chi connectivity index (χ3v) is 13.1. The van der Waals surface area contributed by atoms with Crippen LogP contribution in [0.25, 0.3) is 0 Å². The van der Waals surface area contributed by atoms with Crippen LogP contribution in [0.15, 0.2) is 40.9 Å². The van der Waals surface area contributed by atoms with Gasteiger partial charge in [0.05, 0.1) is 33.9 Å². The van der Waals surface area contributed by atoms with Crippen molar-refractivity contribution in [3.8, 4) is 0 Å². The van der Waals surface area contributed by atoms with E-state index in [1.165, 1.54) is 74.0 Å². The number of hydrogen-bond donors (Lipinski definition) is 2. The predicted molar refractivity (Wildman–Crippen MR) is 259 cm³/mol. The number of ketones is 1. The van der Waals surface area contributed by atoms with Crippen LogP contribution in [0.2, 0.25) is 0 Å². The van der Waals surface area contributed by atoms with E-state index in [1.807, 2.05) is 45.4 Å². The molecule has 1 unspecified atom stereocenters. The maximum Gasteiger partial charge on any atom is 0.472 e. The molecule has 2 N–H and O–H groups in total. The summed E-state index contributed by atoms with van der Waals surface area (Å²) in [6.45, 7) is 8.43. The molecule has 2 rings (SSSR count). The van der Waals surface area contributed by atoms with Crippen molar-refractivity contribution < 1.29 is 56.4 Å². The normalized spacial score (nSPS) is 17.3. The van der Waals surface area contributed by atoms with Gasteiger partial charge in [-0.1, -0.05) is 128 Å². The van der Waals surface area contributed by atoms with Crippen LogP contribution in [0.3, 0.4) is 0 Å². The zero-order valence-corrected chi connectivity index (χ0v) is 42.4. The molecule has 0 spiro atoms. The minimum Gasteiger partial charge on any atom is -0.466 e. The summed E-state index contributed by atoms with van der Waals surface area (Å²) in [6.07, 6.45) is 32.1. The molecule has 1 aliphatic rings. The van der Waals surface area contributed by atoms with Crippen molar-refractivity contribution in [2.45, 2.75) is 194 Å². The van der Waals surface area contributed by atoms with E-state index >= 15 is 0 Å². The fourth-order valence-corrected chi connectivity index (χ4v) is 8.51. The number of likely N-dealkylation sites (N-methyl/N-ethyl adjacent to an activating group) is 1. The molecule has 0 bridgehead atoms. The summed E-state index contributed by atoms with van der Waals surface area (Å²) in [4.78, 5) is 48.2. The van der Waals surface area contributed by atoms with Crippen LogP contribution in [0.5, 0.6) is 0 Å². The average molecular weight is 935 g/mol. The van der Waals surface area contributed by atoms with Crippen molar-refractivity contribution in [3.63, 3.8) is 0 Å². The largest absolute Gasteiger partial charge is 0.472 e. The number of carbonyl (C=O) groups excluding carboxylic acids is 3. The first-order chi connectivity index (χ1) is 31.0. The third-order valence-electron chi connectivity index (χ3n) is 12.1. The number of esters is 2. The van der Waals surface area contributed by atoms with E-state index in [-0.39, 0.29) is 43.7 Å². The molecule has 12 nitrogen and oxygen atoms in total. The summed E-state index contributed by atoms with van der Waals surface area (Å²) in [7, 11) is 1.35. The molecule has 1 aliphatic carbocycles. The van der Waals surface area contributed by atoms with Crippen LogP contribution in [-0.4, -0.2) is 91.9 Å². The third kappa shape index (κ3) is 27.5. The van der Waals surface area contributed by atoms with Gasteiger partial charge >= 0.3 is 19.8 Å². The van der Waals surface area contributed by atoms with Gasteiger partial charge < -0.3 is 28.4 Å². The van der Waals surface area contributed by atoms with E-state index in [4.69, 9.17) is 22.9 Å². The highest BCUT2D eigenvalue weighted by atomic mass is 31.2. The Morgan fingerprint density at radius 3 is 2.00 bits per heavy atom. The van der Waals surface area contributed by atoms with E-state index in [0.717, 1.165) is 57.8 Å². The topological polar surface area (TPSA) is 159 Å². The number of phosphoric acid groups is 1. The van der Waals surface area contributed by atoms with Gasteiger partial charge in [0, 0.05) is 31.6 Å². The monoisotopic (exact) mass is 935 g/mol. The Morgan fingerprint density at radius 2 is 1.37 bits per heavy atom. The quantitative estimate of drug-likeness (QED) is 0.0213. The van der Waals surface area contributed by atoms with Crippen molar-refractivity contribution in [2.75, 3.05) is 47.5 Å². The number of unbranched alkanes of at least 4 members (excludes halogenated alkanes) is 14. The van der Waals surface area contributed by atoms with Crippen LogP contribution in [0.1, 0.15) is 178 Å². The van der Waals surface area contributed by atoms with Crippen LogP contribution in [-0.2, 0) is 50.3 Å². The van der Waals surface area contributed by atoms with Gasteiger partial charge in [-0.2, -0.15) is 0 Å². The average Bonchev–Trinajstić information content (AvgIpc) is 3.74. The second-order valence-corrected chi connectivity index (χ2v) is 20.5. The molecule has 5 atom stereocenters. The highest BCUT2D eigenvalue weighted by molar-refractivity contribution is 7.47. The lowest BCUT2D eigenvalue weighted by atomic mass is 9.90. The zero-order valence-electron chi connectivity index (χ0n) is 41.5. The molecule has 1 aromatic rings. The van der Waals surface area contributed by atoms with Crippen molar-refractivity contribution in [1.29, 1.82) is 0 Å². The lowest BCUT2D eigenvalue weighted by Crippen LogP contribution is -2.37. The number of hydrogen-bond acceptors (Lipinski definition) is 10. The second kappa shape index (κ2) is 33.6. The van der Waals surface area contributed by atoms with Gasteiger partial charge in [0.25, 0.3) is 0 Å². The smallest absolute Gasteiger partial charge is 0.466 e. The van der Waals surface area contributed by atoms with E-state index < -0.39 is 38.6 Å². The van der Waals surface area contributed by atoms with Crippen LogP contribution < -0.4 is 0 Å². The minimum absolute atomic E-state index is 0.00635. The Kier molecular flexibility index (Phi) is 30.1. The molecule has 65 heavy (non-hydrogen) atoms. The molecule has 0 aliphatic heterocycles. The second-order valence-electron chi connectivity index (χ2n) is 19.1. The van der Waals surface area contributed by atoms with E-state index in [9.17, 15) is 28.9 Å². The van der Waals surface area contributed by atoms with Crippen LogP contribution in [0.4, 0.5) is 0 Å². The number of ether oxygens (including phenoxy) is 2.